The molecule has 1 aliphatic rings. The van der Waals surface area contributed by atoms with Gasteiger partial charge in [0.2, 0.25) is 5.91 Å². The smallest absolute Gasteiger partial charge is 0.320 e. The molecule has 0 bridgehead atoms. The predicted octanol–water partition coefficient (Wildman–Crippen LogP) is 2.70. The van der Waals surface area contributed by atoms with Gasteiger partial charge in [0.1, 0.15) is 6.04 Å². The van der Waals surface area contributed by atoms with Crippen LogP contribution >= 0.6 is 31.9 Å². The minimum absolute atomic E-state index is 0.0967. The molecule has 20 heavy (non-hydrogen) atoms. The number of hydrogen-bond acceptors (Lipinski definition) is 3. The number of anilines is 1. The van der Waals surface area contributed by atoms with E-state index < -0.39 is 12.0 Å². The van der Waals surface area contributed by atoms with Crippen molar-refractivity contribution in [2.45, 2.75) is 18.9 Å². The third-order valence-electron chi connectivity index (χ3n) is 3.20. The molecule has 1 heterocycles. The minimum atomic E-state index is -0.861. The van der Waals surface area contributed by atoms with Gasteiger partial charge in [-0.25, -0.2) is 0 Å². The first-order valence-corrected chi connectivity index (χ1v) is 7.77. The SMILES string of the molecule is O=C(CN1CCCC1C(=O)O)Nc1ccc(Br)cc1Br. The number of carbonyl (C=O) groups is 2. The number of amides is 1. The highest BCUT2D eigenvalue weighted by Gasteiger charge is 2.31. The zero-order valence-electron chi connectivity index (χ0n) is 10.6. The number of nitrogens with zero attached hydrogens (tertiary/aromatic N) is 1. The summed E-state index contributed by atoms with van der Waals surface area (Å²) >= 11 is 6.71. The van der Waals surface area contributed by atoms with Gasteiger partial charge in [-0.05, 0) is 53.5 Å². The van der Waals surface area contributed by atoms with Crippen molar-refractivity contribution in [3.8, 4) is 0 Å². The number of hydrogen-bond donors (Lipinski definition) is 2. The van der Waals surface area contributed by atoms with Gasteiger partial charge in [-0.1, -0.05) is 15.9 Å². The first-order chi connectivity index (χ1) is 9.47. The normalized spacial score (nSPS) is 19.0. The van der Waals surface area contributed by atoms with Crippen molar-refractivity contribution in [2.75, 3.05) is 18.4 Å². The van der Waals surface area contributed by atoms with Gasteiger partial charge in [0.15, 0.2) is 0 Å². The van der Waals surface area contributed by atoms with Crippen LogP contribution in [0.4, 0.5) is 5.69 Å². The Morgan fingerprint density at radius 2 is 2.15 bits per heavy atom. The summed E-state index contributed by atoms with van der Waals surface area (Å²) in [6.45, 7) is 0.741. The van der Waals surface area contributed by atoms with Crippen LogP contribution in [0.1, 0.15) is 12.8 Å². The number of carboxylic acids is 1. The van der Waals surface area contributed by atoms with Crippen LogP contribution in [0.15, 0.2) is 27.1 Å². The molecule has 1 aliphatic heterocycles. The summed E-state index contributed by atoms with van der Waals surface area (Å²) in [5, 5.41) is 11.9. The van der Waals surface area contributed by atoms with Gasteiger partial charge in [-0.15, -0.1) is 0 Å². The van der Waals surface area contributed by atoms with Crippen molar-refractivity contribution < 1.29 is 14.7 Å². The highest BCUT2D eigenvalue weighted by Crippen LogP contribution is 2.26. The number of aliphatic carboxylic acids is 1. The van der Waals surface area contributed by atoms with Gasteiger partial charge in [-0.2, -0.15) is 0 Å². The fourth-order valence-electron chi connectivity index (χ4n) is 2.26. The average Bonchev–Trinajstić information content (AvgIpc) is 2.81. The van der Waals surface area contributed by atoms with Crippen molar-refractivity contribution in [1.29, 1.82) is 0 Å². The monoisotopic (exact) mass is 404 g/mol. The molecule has 0 saturated carbocycles. The first kappa shape index (κ1) is 15.5. The van der Waals surface area contributed by atoms with Gasteiger partial charge in [0, 0.05) is 8.95 Å². The molecule has 1 fully saturated rings. The third kappa shape index (κ3) is 3.80. The molecule has 0 spiro atoms. The Balaban J connectivity index is 1.97. The Morgan fingerprint density at radius 1 is 1.40 bits per heavy atom. The second kappa shape index (κ2) is 6.69. The second-order valence-electron chi connectivity index (χ2n) is 4.64. The number of benzene rings is 1. The highest BCUT2D eigenvalue weighted by molar-refractivity contribution is 9.11. The molecule has 1 unspecified atom stereocenters. The fourth-order valence-corrected chi connectivity index (χ4v) is 3.41. The van der Waals surface area contributed by atoms with E-state index in [4.69, 9.17) is 5.11 Å². The van der Waals surface area contributed by atoms with E-state index in [1.165, 1.54) is 0 Å². The maximum absolute atomic E-state index is 12.0. The minimum Gasteiger partial charge on any atom is -0.480 e. The number of halogens is 2. The van der Waals surface area contributed by atoms with E-state index in [1.807, 2.05) is 12.1 Å². The molecule has 0 aromatic heterocycles. The molecule has 7 heteroatoms. The lowest BCUT2D eigenvalue weighted by Gasteiger charge is -2.20. The van der Waals surface area contributed by atoms with Gasteiger partial charge < -0.3 is 10.4 Å². The highest BCUT2D eigenvalue weighted by atomic mass is 79.9. The topological polar surface area (TPSA) is 69.6 Å². The summed E-state index contributed by atoms with van der Waals surface area (Å²) in [6.07, 6.45) is 1.41. The third-order valence-corrected chi connectivity index (χ3v) is 4.35. The van der Waals surface area contributed by atoms with Crippen LogP contribution in [0, 0.1) is 0 Å². The summed E-state index contributed by atoms with van der Waals surface area (Å²) in [4.78, 5) is 24.8. The molecule has 1 saturated heterocycles. The summed E-state index contributed by atoms with van der Waals surface area (Å²) in [6, 6.07) is 4.90. The molecular weight excluding hydrogens is 392 g/mol. The van der Waals surface area contributed by atoms with Crippen molar-refractivity contribution in [1.82, 2.24) is 4.90 Å². The van der Waals surface area contributed by atoms with Gasteiger partial charge in [-0.3, -0.25) is 14.5 Å². The Hall–Kier alpha value is -0.920. The first-order valence-electron chi connectivity index (χ1n) is 6.19. The average molecular weight is 406 g/mol. The molecule has 1 aromatic rings. The van der Waals surface area contributed by atoms with Crippen LogP contribution in [0.2, 0.25) is 0 Å². The quantitative estimate of drug-likeness (QED) is 0.807. The number of carbonyl (C=O) groups excluding carboxylic acids is 1. The van der Waals surface area contributed by atoms with Crippen LogP contribution in [-0.4, -0.2) is 41.0 Å². The molecule has 0 radical (unpaired) electrons. The molecule has 0 aliphatic carbocycles. The number of carboxylic acid groups (broad SMARTS) is 1. The molecule has 108 valence electrons. The van der Waals surface area contributed by atoms with E-state index in [-0.39, 0.29) is 12.5 Å². The maximum atomic E-state index is 12.0. The van der Waals surface area contributed by atoms with Crippen LogP contribution in [0.5, 0.6) is 0 Å². The van der Waals surface area contributed by atoms with E-state index in [0.29, 0.717) is 18.7 Å². The Bertz CT molecular complexity index is 536. The number of likely N-dealkylation sites (tertiary alicyclic amines) is 1. The van der Waals surface area contributed by atoms with E-state index in [1.54, 1.807) is 11.0 Å². The predicted molar refractivity (Wildman–Crippen MR) is 82.7 cm³/mol. The zero-order chi connectivity index (χ0) is 14.7. The van der Waals surface area contributed by atoms with Crippen LogP contribution in [0.25, 0.3) is 0 Å². The fraction of sp³-hybridized carbons (Fsp3) is 0.385. The van der Waals surface area contributed by atoms with E-state index >= 15 is 0 Å². The van der Waals surface area contributed by atoms with Crippen LogP contribution < -0.4 is 5.32 Å². The Labute approximate surface area is 133 Å². The lowest BCUT2D eigenvalue weighted by molar-refractivity contribution is -0.142. The Kier molecular flexibility index (Phi) is 5.17. The van der Waals surface area contributed by atoms with E-state index in [9.17, 15) is 9.59 Å². The lowest BCUT2D eigenvalue weighted by Crippen LogP contribution is -2.40. The largest absolute Gasteiger partial charge is 0.480 e. The summed E-state index contributed by atoms with van der Waals surface area (Å²) in [7, 11) is 0. The van der Waals surface area contributed by atoms with E-state index in [2.05, 4.69) is 37.2 Å². The lowest BCUT2D eigenvalue weighted by atomic mass is 10.2. The molecule has 1 amide bonds. The van der Waals surface area contributed by atoms with Crippen molar-refractivity contribution in [3.63, 3.8) is 0 Å². The molecule has 5 nitrogen and oxygen atoms in total. The summed E-state index contributed by atoms with van der Waals surface area (Å²) in [5.74, 6) is -1.07. The zero-order valence-corrected chi connectivity index (χ0v) is 13.8. The molecule has 2 N–H and O–H groups in total. The van der Waals surface area contributed by atoms with Crippen molar-refractivity contribution in [3.05, 3.63) is 27.1 Å². The van der Waals surface area contributed by atoms with Gasteiger partial charge in [0.05, 0.1) is 12.2 Å². The second-order valence-corrected chi connectivity index (χ2v) is 6.41. The summed E-state index contributed by atoms with van der Waals surface area (Å²) in [5.41, 5.74) is 0.671. The Morgan fingerprint density at radius 3 is 2.80 bits per heavy atom. The number of rotatable bonds is 4. The molecule has 1 aromatic carbocycles. The van der Waals surface area contributed by atoms with Crippen molar-refractivity contribution in [2.24, 2.45) is 0 Å². The number of nitrogens with one attached hydrogen (secondary N) is 1. The van der Waals surface area contributed by atoms with Crippen LogP contribution in [-0.2, 0) is 9.59 Å². The molecule has 1 atom stereocenters. The van der Waals surface area contributed by atoms with E-state index in [0.717, 1.165) is 15.4 Å². The molecule has 2 rings (SSSR count). The van der Waals surface area contributed by atoms with Gasteiger partial charge in [0.25, 0.3) is 0 Å². The van der Waals surface area contributed by atoms with Crippen molar-refractivity contribution >= 4 is 49.4 Å². The van der Waals surface area contributed by atoms with Gasteiger partial charge >= 0.3 is 5.97 Å². The molecular formula is C13H14Br2N2O3. The maximum Gasteiger partial charge on any atom is 0.320 e. The summed E-state index contributed by atoms with van der Waals surface area (Å²) < 4.78 is 1.68. The van der Waals surface area contributed by atoms with Crippen LogP contribution in [0.3, 0.4) is 0 Å². The standard InChI is InChI=1S/C13H14Br2N2O3/c14-8-3-4-10(9(15)6-8)16-12(18)7-17-5-1-2-11(17)13(19)20/h3-4,6,11H,1-2,5,7H2,(H,16,18)(H,19,20).